The Labute approximate surface area is 115 Å². The second-order valence-electron chi connectivity index (χ2n) is 3.72. The van der Waals surface area contributed by atoms with E-state index in [-0.39, 0.29) is 16.5 Å². The molecule has 0 atom stereocenters. The Morgan fingerprint density at radius 3 is 2.79 bits per heavy atom. The first kappa shape index (κ1) is 13.2. The SMILES string of the molecule is COc1ccccc1NC(=O)c1nc(N)ccc1Cl. The molecule has 0 saturated carbocycles. The molecule has 3 N–H and O–H groups in total. The topological polar surface area (TPSA) is 77.2 Å². The third-order valence-electron chi connectivity index (χ3n) is 2.44. The van der Waals surface area contributed by atoms with Gasteiger partial charge >= 0.3 is 0 Å². The van der Waals surface area contributed by atoms with Gasteiger partial charge in [-0.1, -0.05) is 23.7 Å². The zero-order valence-corrected chi connectivity index (χ0v) is 10.9. The summed E-state index contributed by atoms with van der Waals surface area (Å²) in [4.78, 5) is 16.0. The van der Waals surface area contributed by atoms with Crippen LogP contribution in [0.1, 0.15) is 10.5 Å². The molecular weight excluding hydrogens is 266 g/mol. The Morgan fingerprint density at radius 2 is 2.05 bits per heavy atom. The van der Waals surface area contributed by atoms with Crippen molar-refractivity contribution in [2.24, 2.45) is 0 Å². The predicted octanol–water partition coefficient (Wildman–Crippen LogP) is 2.58. The van der Waals surface area contributed by atoms with Crippen molar-refractivity contribution in [1.29, 1.82) is 0 Å². The molecule has 0 bridgehead atoms. The van der Waals surface area contributed by atoms with Crippen LogP contribution in [0.2, 0.25) is 5.02 Å². The number of hydrogen-bond acceptors (Lipinski definition) is 4. The Kier molecular flexibility index (Phi) is 3.87. The molecule has 6 heteroatoms. The number of rotatable bonds is 3. The molecule has 0 aliphatic carbocycles. The van der Waals surface area contributed by atoms with Gasteiger partial charge in [-0.2, -0.15) is 0 Å². The number of benzene rings is 1. The number of nitrogens with one attached hydrogen (secondary N) is 1. The average molecular weight is 278 g/mol. The molecule has 1 amide bonds. The van der Waals surface area contributed by atoms with Crippen LogP contribution in [-0.4, -0.2) is 18.0 Å². The Hall–Kier alpha value is -2.27. The number of para-hydroxylation sites is 2. The van der Waals surface area contributed by atoms with Crippen LogP contribution in [0.4, 0.5) is 11.5 Å². The lowest BCUT2D eigenvalue weighted by Gasteiger charge is -2.10. The number of methoxy groups -OCH3 is 1. The highest BCUT2D eigenvalue weighted by Crippen LogP contribution is 2.24. The molecule has 2 rings (SSSR count). The minimum absolute atomic E-state index is 0.0765. The van der Waals surface area contributed by atoms with Crippen LogP contribution >= 0.6 is 11.6 Å². The monoisotopic (exact) mass is 277 g/mol. The van der Waals surface area contributed by atoms with Gasteiger partial charge in [-0.15, -0.1) is 0 Å². The van der Waals surface area contributed by atoms with Gasteiger partial charge in [0.25, 0.3) is 5.91 Å². The van der Waals surface area contributed by atoms with Crippen molar-refractivity contribution in [1.82, 2.24) is 4.98 Å². The molecule has 0 fully saturated rings. The zero-order valence-electron chi connectivity index (χ0n) is 10.2. The molecule has 1 heterocycles. The number of anilines is 2. The molecule has 1 aromatic carbocycles. The Balaban J connectivity index is 2.28. The molecule has 98 valence electrons. The lowest BCUT2D eigenvalue weighted by molar-refractivity contribution is 0.102. The quantitative estimate of drug-likeness (QED) is 0.904. The number of amides is 1. The van der Waals surface area contributed by atoms with Crippen LogP contribution in [0.5, 0.6) is 5.75 Å². The van der Waals surface area contributed by atoms with Gasteiger partial charge in [0.1, 0.15) is 17.3 Å². The molecule has 0 aliphatic rings. The fraction of sp³-hybridized carbons (Fsp3) is 0.0769. The lowest BCUT2D eigenvalue weighted by atomic mass is 10.2. The summed E-state index contributed by atoms with van der Waals surface area (Å²) in [7, 11) is 1.52. The number of nitrogens with two attached hydrogens (primary N) is 1. The van der Waals surface area contributed by atoms with Crippen molar-refractivity contribution < 1.29 is 9.53 Å². The molecule has 0 spiro atoms. The van der Waals surface area contributed by atoms with E-state index in [0.717, 1.165) is 0 Å². The van der Waals surface area contributed by atoms with Crippen molar-refractivity contribution >= 4 is 29.0 Å². The third-order valence-corrected chi connectivity index (χ3v) is 2.74. The maximum absolute atomic E-state index is 12.1. The van der Waals surface area contributed by atoms with Gasteiger partial charge in [-0.25, -0.2) is 4.98 Å². The van der Waals surface area contributed by atoms with E-state index < -0.39 is 5.91 Å². The molecule has 2 aromatic rings. The molecule has 0 aliphatic heterocycles. The normalized spacial score (nSPS) is 10.0. The summed E-state index contributed by atoms with van der Waals surface area (Å²) >= 11 is 5.92. The molecule has 0 radical (unpaired) electrons. The second kappa shape index (κ2) is 5.58. The summed E-state index contributed by atoms with van der Waals surface area (Å²) in [6, 6.07) is 10.1. The number of carbonyl (C=O) groups is 1. The standard InChI is InChI=1S/C13H12ClN3O2/c1-19-10-5-3-2-4-9(10)16-13(18)12-8(14)6-7-11(15)17-12/h2-7H,1H3,(H2,15,17)(H,16,18). The van der Waals surface area contributed by atoms with Crippen LogP contribution in [0, 0.1) is 0 Å². The number of nitrogens with zero attached hydrogens (tertiary/aromatic N) is 1. The molecule has 0 saturated heterocycles. The van der Waals surface area contributed by atoms with Crippen molar-refractivity contribution in [3.8, 4) is 5.75 Å². The fourth-order valence-corrected chi connectivity index (χ4v) is 1.74. The highest BCUT2D eigenvalue weighted by atomic mass is 35.5. The largest absolute Gasteiger partial charge is 0.495 e. The summed E-state index contributed by atoms with van der Waals surface area (Å²) in [5.74, 6) is 0.340. The van der Waals surface area contributed by atoms with Crippen molar-refractivity contribution in [2.45, 2.75) is 0 Å². The molecule has 0 unspecified atom stereocenters. The van der Waals surface area contributed by atoms with Gasteiger partial charge in [0.15, 0.2) is 0 Å². The maximum Gasteiger partial charge on any atom is 0.276 e. The van der Waals surface area contributed by atoms with E-state index in [2.05, 4.69) is 10.3 Å². The number of carbonyl (C=O) groups excluding carboxylic acids is 1. The summed E-state index contributed by atoms with van der Waals surface area (Å²) in [5, 5.41) is 2.92. The number of pyridine rings is 1. The minimum atomic E-state index is -0.443. The van der Waals surface area contributed by atoms with Crippen LogP contribution < -0.4 is 15.8 Å². The Morgan fingerprint density at radius 1 is 1.32 bits per heavy atom. The molecule has 5 nitrogen and oxygen atoms in total. The zero-order chi connectivity index (χ0) is 13.8. The number of nitrogen functional groups attached to an aromatic ring is 1. The summed E-state index contributed by atoms with van der Waals surface area (Å²) < 4.78 is 5.14. The fourth-order valence-electron chi connectivity index (χ4n) is 1.55. The van der Waals surface area contributed by atoms with Gasteiger partial charge in [0.05, 0.1) is 17.8 Å². The third kappa shape index (κ3) is 2.95. The van der Waals surface area contributed by atoms with Crippen LogP contribution in [0.3, 0.4) is 0 Å². The van der Waals surface area contributed by atoms with Gasteiger partial charge < -0.3 is 15.8 Å². The number of ether oxygens (including phenoxy) is 1. The first-order valence-corrected chi connectivity index (χ1v) is 5.86. The lowest BCUT2D eigenvalue weighted by Crippen LogP contribution is -2.15. The summed E-state index contributed by atoms with van der Waals surface area (Å²) in [5.41, 5.74) is 6.15. The van der Waals surface area contributed by atoms with E-state index in [4.69, 9.17) is 22.1 Å². The summed E-state index contributed by atoms with van der Waals surface area (Å²) in [6.07, 6.45) is 0. The van der Waals surface area contributed by atoms with Gasteiger partial charge in [0, 0.05) is 0 Å². The molecule has 19 heavy (non-hydrogen) atoms. The first-order valence-electron chi connectivity index (χ1n) is 5.48. The van der Waals surface area contributed by atoms with E-state index in [1.807, 2.05) is 0 Å². The van der Waals surface area contributed by atoms with E-state index in [0.29, 0.717) is 11.4 Å². The van der Waals surface area contributed by atoms with Gasteiger partial charge in [-0.05, 0) is 24.3 Å². The first-order chi connectivity index (χ1) is 9.11. The smallest absolute Gasteiger partial charge is 0.276 e. The van der Waals surface area contributed by atoms with Crippen molar-refractivity contribution in [3.63, 3.8) is 0 Å². The number of hydrogen-bond donors (Lipinski definition) is 2. The number of halogens is 1. The molecule has 1 aromatic heterocycles. The van der Waals surface area contributed by atoms with E-state index in [1.165, 1.54) is 19.2 Å². The average Bonchev–Trinajstić information content (AvgIpc) is 2.42. The van der Waals surface area contributed by atoms with Crippen molar-refractivity contribution in [3.05, 3.63) is 47.1 Å². The second-order valence-corrected chi connectivity index (χ2v) is 4.13. The van der Waals surface area contributed by atoms with Crippen LogP contribution in [0.15, 0.2) is 36.4 Å². The Bertz CT molecular complexity index is 617. The predicted molar refractivity (Wildman–Crippen MR) is 74.6 cm³/mol. The van der Waals surface area contributed by atoms with E-state index in [1.54, 1.807) is 24.3 Å². The molecular formula is C13H12ClN3O2. The minimum Gasteiger partial charge on any atom is -0.495 e. The van der Waals surface area contributed by atoms with Crippen LogP contribution in [-0.2, 0) is 0 Å². The highest BCUT2D eigenvalue weighted by molar-refractivity contribution is 6.34. The maximum atomic E-state index is 12.1. The highest BCUT2D eigenvalue weighted by Gasteiger charge is 2.14. The van der Waals surface area contributed by atoms with Gasteiger partial charge in [-0.3, -0.25) is 4.79 Å². The van der Waals surface area contributed by atoms with E-state index >= 15 is 0 Å². The van der Waals surface area contributed by atoms with Crippen LogP contribution in [0.25, 0.3) is 0 Å². The summed E-state index contributed by atoms with van der Waals surface area (Å²) in [6.45, 7) is 0. The van der Waals surface area contributed by atoms with Crippen molar-refractivity contribution in [2.75, 3.05) is 18.2 Å². The van der Waals surface area contributed by atoms with Gasteiger partial charge in [0.2, 0.25) is 0 Å². The number of aromatic nitrogens is 1. The van der Waals surface area contributed by atoms with E-state index in [9.17, 15) is 4.79 Å².